The minimum atomic E-state index is -0.977. The van der Waals surface area contributed by atoms with Gasteiger partial charge in [-0.25, -0.2) is 4.79 Å². The standard InChI is InChI=1S/C25H25NO5/c1-18(25(28)29)31-17-20-9-7-19(8-10-20)5-3-15-26-16-4-6-23(26)24(27)21-11-13-22(30-2)14-12-21/h3-14,16,18H,15,17H2,1-2H3,(H,28,29)/t18-/m1/s1. The number of nitrogens with zero attached hydrogens (tertiary/aromatic N) is 1. The van der Waals surface area contributed by atoms with Crippen LogP contribution < -0.4 is 4.74 Å². The molecule has 2 aromatic carbocycles. The summed E-state index contributed by atoms with van der Waals surface area (Å²) in [6.45, 7) is 2.32. The number of rotatable bonds is 10. The first kappa shape index (κ1) is 22.1. The van der Waals surface area contributed by atoms with Crippen LogP contribution in [0.3, 0.4) is 0 Å². The van der Waals surface area contributed by atoms with Crippen molar-refractivity contribution in [1.82, 2.24) is 4.57 Å². The molecule has 1 aromatic heterocycles. The van der Waals surface area contributed by atoms with Gasteiger partial charge in [-0.15, -0.1) is 0 Å². The molecule has 3 aromatic rings. The van der Waals surface area contributed by atoms with Crippen molar-refractivity contribution in [2.75, 3.05) is 7.11 Å². The van der Waals surface area contributed by atoms with Crippen LogP contribution in [0.2, 0.25) is 0 Å². The molecule has 6 heteroatoms. The van der Waals surface area contributed by atoms with Gasteiger partial charge in [0, 0.05) is 18.3 Å². The number of aliphatic carboxylic acids is 1. The highest BCUT2D eigenvalue weighted by Gasteiger charge is 2.13. The van der Waals surface area contributed by atoms with E-state index in [0.717, 1.165) is 11.1 Å². The van der Waals surface area contributed by atoms with Gasteiger partial charge in [-0.3, -0.25) is 4.79 Å². The lowest BCUT2D eigenvalue weighted by Gasteiger charge is -2.08. The maximum Gasteiger partial charge on any atom is 0.332 e. The van der Waals surface area contributed by atoms with Gasteiger partial charge in [-0.1, -0.05) is 36.4 Å². The summed E-state index contributed by atoms with van der Waals surface area (Å²) in [5.74, 6) is -0.306. The second kappa shape index (κ2) is 10.4. The van der Waals surface area contributed by atoms with Crippen molar-refractivity contribution in [2.45, 2.75) is 26.2 Å². The quantitative estimate of drug-likeness (QED) is 0.492. The van der Waals surface area contributed by atoms with Gasteiger partial charge >= 0.3 is 5.97 Å². The third kappa shape index (κ3) is 5.93. The number of benzene rings is 2. The normalized spacial score (nSPS) is 12.1. The monoisotopic (exact) mass is 419 g/mol. The van der Waals surface area contributed by atoms with Gasteiger partial charge in [0.2, 0.25) is 5.78 Å². The zero-order valence-corrected chi connectivity index (χ0v) is 17.5. The maximum atomic E-state index is 12.8. The number of allylic oxidation sites excluding steroid dienone is 1. The van der Waals surface area contributed by atoms with Crippen molar-refractivity contribution < 1.29 is 24.2 Å². The van der Waals surface area contributed by atoms with Crippen LogP contribution in [-0.4, -0.2) is 34.6 Å². The number of hydrogen-bond donors (Lipinski definition) is 1. The Morgan fingerprint density at radius 1 is 1.06 bits per heavy atom. The van der Waals surface area contributed by atoms with Gasteiger partial charge < -0.3 is 19.1 Å². The fraction of sp³-hybridized carbons (Fsp3) is 0.200. The molecule has 0 saturated carbocycles. The Balaban J connectivity index is 1.60. The highest BCUT2D eigenvalue weighted by molar-refractivity contribution is 6.08. The number of carboxylic acid groups (broad SMARTS) is 1. The average molecular weight is 419 g/mol. The largest absolute Gasteiger partial charge is 0.497 e. The maximum absolute atomic E-state index is 12.8. The van der Waals surface area contributed by atoms with Crippen molar-refractivity contribution in [3.05, 3.63) is 95.3 Å². The third-order valence-electron chi connectivity index (χ3n) is 4.85. The smallest absolute Gasteiger partial charge is 0.332 e. The predicted octanol–water partition coefficient (Wildman–Crippen LogP) is 4.43. The number of ketones is 1. The molecule has 0 amide bonds. The van der Waals surface area contributed by atoms with Crippen LogP contribution in [0, 0.1) is 0 Å². The number of carbonyl (C=O) groups is 2. The molecule has 0 bridgehead atoms. The van der Waals surface area contributed by atoms with Crippen molar-refractivity contribution in [3.63, 3.8) is 0 Å². The molecule has 3 rings (SSSR count). The molecule has 160 valence electrons. The van der Waals surface area contributed by atoms with Gasteiger partial charge in [0.1, 0.15) is 5.75 Å². The topological polar surface area (TPSA) is 77.8 Å². The Bertz CT molecular complexity index is 1050. The van der Waals surface area contributed by atoms with Gasteiger partial charge in [0.15, 0.2) is 6.10 Å². The Morgan fingerprint density at radius 2 is 1.77 bits per heavy atom. The van der Waals surface area contributed by atoms with Crippen LogP contribution in [0.5, 0.6) is 5.75 Å². The first-order valence-corrected chi connectivity index (χ1v) is 9.91. The van der Waals surface area contributed by atoms with Crippen molar-refractivity contribution in [3.8, 4) is 5.75 Å². The molecule has 0 aliphatic heterocycles. The lowest BCUT2D eigenvalue weighted by molar-refractivity contribution is -0.149. The molecular formula is C25H25NO5. The molecule has 6 nitrogen and oxygen atoms in total. The second-order valence-corrected chi connectivity index (χ2v) is 7.04. The summed E-state index contributed by atoms with van der Waals surface area (Å²) in [6, 6.07) is 18.4. The average Bonchev–Trinajstić information content (AvgIpc) is 3.26. The number of carbonyl (C=O) groups excluding carboxylic acids is 1. The Morgan fingerprint density at radius 3 is 2.42 bits per heavy atom. The number of ether oxygens (including phenoxy) is 2. The van der Waals surface area contributed by atoms with E-state index in [0.29, 0.717) is 23.6 Å². The predicted molar refractivity (Wildman–Crippen MR) is 118 cm³/mol. The van der Waals surface area contributed by atoms with Gasteiger partial charge in [0.05, 0.1) is 19.4 Å². The Hall–Kier alpha value is -3.64. The van der Waals surface area contributed by atoms with Crippen molar-refractivity contribution in [1.29, 1.82) is 0 Å². The summed E-state index contributed by atoms with van der Waals surface area (Å²) < 4.78 is 12.3. The first-order valence-electron chi connectivity index (χ1n) is 9.91. The van der Waals surface area contributed by atoms with Crippen molar-refractivity contribution >= 4 is 17.8 Å². The van der Waals surface area contributed by atoms with E-state index in [2.05, 4.69) is 0 Å². The Kier molecular flexibility index (Phi) is 7.40. The summed E-state index contributed by atoms with van der Waals surface area (Å²) in [5.41, 5.74) is 3.14. The molecule has 31 heavy (non-hydrogen) atoms. The second-order valence-electron chi connectivity index (χ2n) is 7.04. The minimum absolute atomic E-state index is 0.0407. The third-order valence-corrected chi connectivity index (χ3v) is 4.85. The molecule has 0 unspecified atom stereocenters. The van der Waals surface area contributed by atoms with E-state index in [-0.39, 0.29) is 12.4 Å². The molecule has 1 N–H and O–H groups in total. The molecule has 0 radical (unpaired) electrons. The van der Waals surface area contributed by atoms with Crippen molar-refractivity contribution in [2.24, 2.45) is 0 Å². The van der Waals surface area contributed by atoms with Crippen LogP contribution in [0.4, 0.5) is 0 Å². The summed E-state index contributed by atoms with van der Waals surface area (Å²) in [6.07, 6.45) is 5.01. The molecule has 1 heterocycles. The summed E-state index contributed by atoms with van der Waals surface area (Å²) in [4.78, 5) is 23.6. The van der Waals surface area contributed by atoms with E-state index in [1.54, 1.807) is 31.4 Å². The van der Waals surface area contributed by atoms with Gasteiger partial charge in [-0.05, 0) is 54.4 Å². The summed E-state index contributed by atoms with van der Waals surface area (Å²) in [5, 5.41) is 8.86. The molecule has 0 spiro atoms. The fourth-order valence-electron chi connectivity index (χ4n) is 2.99. The van der Waals surface area contributed by atoms with Crippen LogP contribution in [0.1, 0.15) is 34.1 Å². The summed E-state index contributed by atoms with van der Waals surface area (Å²) in [7, 11) is 1.59. The lowest BCUT2D eigenvalue weighted by Crippen LogP contribution is -2.19. The SMILES string of the molecule is COc1ccc(C(=O)c2cccn2CC=Cc2ccc(CO[C@H](C)C(=O)O)cc2)cc1. The highest BCUT2D eigenvalue weighted by atomic mass is 16.5. The van der Waals surface area contributed by atoms with E-state index < -0.39 is 12.1 Å². The number of hydrogen-bond acceptors (Lipinski definition) is 4. The van der Waals surface area contributed by atoms with E-state index in [4.69, 9.17) is 14.6 Å². The number of carboxylic acids is 1. The molecule has 0 fully saturated rings. The van der Waals surface area contributed by atoms with Gasteiger partial charge in [0.25, 0.3) is 0 Å². The first-order chi connectivity index (χ1) is 15.0. The molecular weight excluding hydrogens is 394 g/mol. The van der Waals surface area contributed by atoms with Crippen LogP contribution in [0.15, 0.2) is 72.9 Å². The molecule has 0 aliphatic carbocycles. The molecule has 0 saturated heterocycles. The van der Waals surface area contributed by atoms with Crippen LogP contribution in [-0.2, 0) is 22.7 Å². The fourth-order valence-corrected chi connectivity index (χ4v) is 2.99. The zero-order chi connectivity index (χ0) is 22.2. The Labute approximate surface area is 181 Å². The van der Waals surface area contributed by atoms with Crippen LogP contribution in [0.25, 0.3) is 6.08 Å². The zero-order valence-electron chi connectivity index (χ0n) is 17.5. The minimum Gasteiger partial charge on any atom is -0.497 e. The number of aromatic nitrogens is 1. The lowest BCUT2D eigenvalue weighted by atomic mass is 10.1. The molecule has 0 aliphatic rings. The van der Waals surface area contributed by atoms with E-state index >= 15 is 0 Å². The van der Waals surface area contributed by atoms with E-state index in [1.165, 1.54) is 6.92 Å². The molecule has 1 atom stereocenters. The number of methoxy groups -OCH3 is 1. The summed E-state index contributed by atoms with van der Waals surface area (Å²) >= 11 is 0. The van der Waals surface area contributed by atoms with E-state index in [1.807, 2.05) is 59.3 Å². The van der Waals surface area contributed by atoms with Crippen LogP contribution >= 0.6 is 0 Å². The highest BCUT2D eigenvalue weighted by Crippen LogP contribution is 2.16. The van der Waals surface area contributed by atoms with E-state index in [9.17, 15) is 9.59 Å². The van der Waals surface area contributed by atoms with Gasteiger partial charge in [-0.2, -0.15) is 0 Å².